The Morgan fingerprint density at radius 2 is 1.61 bits per heavy atom. The van der Waals surface area contributed by atoms with Crippen molar-refractivity contribution in [2.75, 3.05) is 0 Å². The van der Waals surface area contributed by atoms with Crippen LogP contribution in [0.5, 0.6) is 0 Å². The maximum absolute atomic E-state index is 12.5. The van der Waals surface area contributed by atoms with Crippen molar-refractivity contribution in [3.05, 3.63) is 83.6 Å². The molecule has 0 aliphatic rings. The van der Waals surface area contributed by atoms with E-state index in [1.54, 1.807) is 6.07 Å². The molecule has 0 unspecified atom stereocenters. The first-order valence-electron chi connectivity index (χ1n) is 7.67. The molecule has 3 aromatic rings. The quantitative estimate of drug-likeness (QED) is 0.756. The third-order valence-corrected chi connectivity index (χ3v) is 3.87. The summed E-state index contributed by atoms with van der Waals surface area (Å²) in [6, 6.07) is 21.4. The van der Waals surface area contributed by atoms with Crippen LogP contribution in [0.1, 0.15) is 34.6 Å². The fraction of sp³-hybridized carbons (Fsp3) is 0.150. The molecular weight excluding hydrogens is 286 g/mol. The summed E-state index contributed by atoms with van der Waals surface area (Å²) in [5.74, 6) is 1.21. The number of carbonyl (C=O) groups is 1. The number of furan rings is 1. The van der Waals surface area contributed by atoms with Crippen LogP contribution in [0, 0.1) is 6.92 Å². The Balaban J connectivity index is 1.79. The van der Waals surface area contributed by atoms with Crippen LogP contribution < -0.4 is 5.32 Å². The highest BCUT2D eigenvalue weighted by atomic mass is 16.3. The summed E-state index contributed by atoms with van der Waals surface area (Å²) in [6.07, 6.45) is 0. The van der Waals surface area contributed by atoms with Gasteiger partial charge in [0.05, 0.1) is 11.6 Å². The van der Waals surface area contributed by atoms with E-state index in [1.165, 1.54) is 0 Å². The van der Waals surface area contributed by atoms with E-state index in [-0.39, 0.29) is 11.9 Å². The Morgan fingerprint density at radius 1 is 1.00 bits per heavy atom. The van der Waals surface area contributed by atoms with Crippen molar-refractivity contribution in [2.45, 2.75) is 19.9 Å². The highest BCUT2D eigenvalue weighted by molar-refractivity contribution is 5.96. The van der Waals surface area contributed by atoms with Crippen LogP contribution in [0.4, 0.5) is 0 Å². The summed E-state index contributed by atoms with van der Waals surface area (Å²) in [5, 5.41) is 3.02. The molecule has 0 radical (unpaired) electrons. The van der Waals surface area contributed by atoms with Gasteiger partial charge >= 0.3 is 0 Å². The van der Waals surface area contributed by atoms with E-state index in [1.807, 2.05) is 74.5 Å². The number of nitrogens with one attached hydrogen (secondary N) is 1. The topological polar surface area (TPSA) is 42.2 Å². The largest absolute Gasteiger partial charge is 0.461 e. The minimum Gasteiger partial charge on any atom is -0.461 e. The fourth-order valence-electron chi connectivity index (χ4n) is 2.55. The van der Waals surface area contributed by atoms with Crippen LogP contribution in [0.3, 0.4) is 0 Å². The normalized spacial score (nSPS) is 11.9. The van der Waals surface area contributed by atoms with Crippen LogP contribution in [-0.2, 0) is 0 Å². The number of carbonyl (C=O) groups excluding carboxylic acids is 1. The maximum atomic E-state index is 12.5. The second kappa shape index (κ2) is 6.53. The van der Waals surface area contributed by atoms with Crippen LogP contribution in [0.25, 0.3) is 11.3 Å². The lowest BCUT2D eigenvalue weighted by Gasteiger charge is -2.13. The first-order chi connectivity index (χ1) is 11.1. The number of aryl methyl sites for hydroxylation is 1. The molecule has 0 fully saturated rings. The van der Waals surface area contributed by atoms with E-state index in [0.717, 1.165) is 11.1 Å². The number of hydrogen-bond acceptors (Lipinski definition) is 2. The maximum Gasteiger partial charge on any atom is 0.255 e. The second-order valence-corrected chi connectivity index (χ2v) is 5.55. The van der Waals surface area contributed by atoms with Gasteiger partial charge in [-0.2, -0.15) is 0 Å². The summed E-state index contributed by atoms with van der Waals surface area (Å²) in [4.78, 5) is 12.5. The fourth-order valence-corrected chi connectivity index (χ4v) is 2.55. The van der Waals surface area contributed by atoms with Crippen LogP contribution >= 0.6 is 0 Å². The predicted molar refractivity (Wildman–Crippen MR) is 91.2 cm³/mol. The molecule has 1 amide bonds. The highest BCUT2D eigenvalue weighted by Gasteiger charge is 2.18. The van der Waals surface area contributed by atoms with Crippen molar-refractivity contribution in [2.24, 2.45) is 0 Å². The molecule has 1 N–H and O–H groups in total. The summed E-state index contributed by atoms with van der Waals surface area (Å²) in [7, 11) is 0. The Bertz CT molecular complexity index is 791. The molecule has 1 atom stereocenters. The monoisotopic (exact) mass is 305 g/mol. The molecule has 116 valence electrons. The minimum absolute atomic E-state index is 0.0572. The van der Waals surface area contributed by atoms with Crippen molar-refractivity contribution in [1.29, 1.82) is 0 Å². The van der Waals surface area contributed by atoms with Crippen molar-refractivity contribution >= 4 is 5.91 Å². The molecule has 0 saturated carbocycles. The van der Waals surface area contributed by atoms with Gasteiger partial charge in [0.1, 0.15) is 11.5 Å². The third kappa shape index (κ3) is 3.34. The molecule has 3 nitrogen and oxygen atoms in total. The standard InChI is InChI=1S/C20H19NO2/c1-14(16-9-5-3-6-10-16)21-20(22)18-13-19(23-15(18)2)17-11-7-4-8-12-17/h3-14H,1-2H3,(H,21,22)/t14-/m0/s1. The van der Waals surface area contributed by atoms with Crippen LogP contribution in [0.15, 0.2) is 71.1 Å². The van der Waals surface area contributed by atoms with Gasteiger partial charge < -0.3 is 9.73 Å². The molecule has 0 aliphatic heterocycles. The van der Waals surface area contributed by atoms with Gasteiger partial charge in [0, 0.05) is 5.56 Å². The molecule has 0 aliphatic carbocycles. The summed E-state index contributed by atoms with van der Waals surface area (Å²) >= 11 is 0. The van der Waals surface area contributed by atoms with Gasteiger partial charge in [-0.1, -0.05) is 60.7 Å². The Labute approximate surface area is 136 Å². The molecule has 3 heteroatoms. The van der Waals surface area contributed by atoms with E-state index in [2.05, 4.69) is 5.32 Å². The van der Waals surface area contributed by atoms with Crippen LogP contribution in [-0.4, -0.2) is 5.91 Å². The smallest absolute Gasteiger partial charge is 0.255 e. The van der Waals surface area contributed by atoms with Gasteiger partial charge in [-0.15, -0.1) is 0 Å². The van der Waals surface area contributed by atoms with E-state index in [4.69, 9.17) is 4.42 Å². The number of hydrogen-bond donors (Lipinski definition) is 1. The molecule has 23 heavy (non-hydrogen) atoms. The summed E-state index contributed by atoms with van der Waals surface area (Å²) < 4.78 is 5.75. The molecule has 3 rings (SSSR count). The predicted octanol–water partition coefficient (Wildman–Crippen LogP) is 4.75. The second-order valence-electron chi connectivity index (χ2n) is 5.55. The molecule has 0 saturated heterocycles. The van der Waals surface area contributed by atoms with Crippen molar-refractivity contribution in [1.82, 2.24) is 5.32 Å². The van der Waals surface area contributed by atoms with Crippen molar-refractivity contribution < 1.29 is 9.21 Å². The van der Waals surface area contributed by atoms with Gasteiger partial charge in [-0.3, -0.25) is 4.79 Å². The lowest BCUT2D eigenvalue weighted by molar-refractivity contribution is 0.0938. The van der Waals surface area contributed by atoms with Crippen molar-refractivity contribution in [3.63, 3.8) is 0 Å². The zero-order chi connectivity index (χ0) is 16.2. The van der Waals surface area contributed by atoms with Gasteiger partial charge in [0.15, 0.2) is 0 Å². The SMILES string of the molecule is Cc1oc(-c2ccccc2)cc1C(=O)N[C@@H](C)c1ccccc1. The van der Waals surface area contributed by atoms with Gasteiger partial charge in [0.2, 0.25) is 0 Å². The Morgan fingerprint density at radius 3 is 2.26 bits per heavy atom. The number of benzene rings is 2. The average Bonchev–Trinajstić information content (AvgIpc) is 2.98. The van der Waals surface area contributed by atoms with Crippen molar-refractivity contribution in [3.8, 4) is 11.3 Å². The van der Waals surface area contributed by atoms with E-state index >= 15 is 0 Å². The van der Waals surface area contributed by atoms with Gasteiger partial charge in [0.25, 0.3) is 5.91 Å². The molecule has 0 spiro atoms. The zero-order valence-corrected chi connectivity index (χ0v) is 13.2. The van der Waals surface area contributed by atoms with E-state index in [9.17, 15) is 4.79 Å². The average molecular weight is 305 g/mol. The molecule has 1 heterocycles. The van der Waals surface area contributed by atoms with E-state index < -0.39 is 0 Å². The lowest BCUT2D eigenvalue weighted by atomic mass is 10.1. The molecule has 2 aromatic carbocycles. The number of amides is 1. The zero-order valence-electron chi connectivity index (χ0n) is 13.2. The van der Waals surface area contributed by atoms with Crippen LogP contribution in [0.2, 0.25) is 0 Å². The Hall–Kier alpha value is -2.81. The molecule has 0 bridgehead atoms. The minimum atomic E-state index is -0.121. The van der Waals surface area contributed by atoms with Gasteiger partial charge in [-0.05, 0) is 25.5 Å². The first kappa shape index (κ1) is 15.1. The summed E-state index contributed by atoms with van der Waals surface area (Å²) in [5.41, 5.74) is 2.61. The number of rotatable bonds is 4. The van der Waals surface area contributed by atoms with E-state index in [0.29, 0.717) is 17.1 Å². The first-order valence-corrected chi connectivity index (χ1v) is 7.67. The molecule has 1 aromatic heterocycles. The van der Waals surface area contributed by atoms with Gasteiger partial charge in [-0.25, -0.2) is 0 Å². The molecular formula is C20H19NO2. The Kier molecular flexibility index (Phi) is 4.29. The highest BCUT2D eigenvalue weighted by Crippen LogP contribution is 2.25. The third-order valence-electron chi connectivity index (χ3n) is 3.87. The summed E-state index contributed by atoms with van der Waals surface area (Å²) in [6.45, 7) is 3.79. The lowest BCUT2D eigenvalue weighted by Crippen LogP contribution is -2.26.